The lowest BCUT2D eigenvalue weighted by Crippen LogP contribution is -2.27. The fourth-order valence-corrected chi connectivity index (χ4v) is 3.11. The summed E-state index contributed by atoms with van der Waals surface area (Å²) in [6, 6.07) is 22.6. The lowest BCUT2D eigenvalue weighted by molar-refractivity contribution is 0.0940. The van der Waals surface area contributed by atoms with Gasteiger partial charge in [-0.1, -0.05) is 54.6 Å². The molecule has 0 radical (unpaired) electrons. The maximum atomic E-state index is 13.1. The van der Waals surface area contributed by atoms with Crippen LogP contribution in [-0.2, 0) is 0 Å². The Labute approximate surface area is 168 Å². The van der Waals surface area contributed by atoms with Gasteiger partial charge in [-0.05, 0) is 36.8 Å². The predicted octanol–water partition coefficient (Wildman–Crippen LogP) is 5.64. The summed E-state index contributed by atoms with van der Waals surface area (Å²) < 4.78 is 19.1. The molecule has 0 aliphatic carbocycles. The average molecular weight is 386 g/mol. The highest BCUT2D eigenvalue weighted by Crippen LogP contribution is 2.28. The zero-order valence-electron chi connectivity index (χ0n) is 15.8. The largest absolute Gasteiger partial charge is 0.436 e. The van der Waals surface area contributed by atoms with Crippen LogP contribution in [0.1, 0.15) is 28.9 Å². The van der Waals surface area contributed by atoms with E-state index in [-0.39, 0.29) is 17.8 Å². The van der Waals surface area contributed by atoms with Crippen LogP contribution < -0.4 is 5.32 Å². The first-order chi connectivity index (χ1) is 14.1. The molecule has 0 bridgehead atoms. The van der Waals surface area contributed by atoms with Crippen LogP contribution in [0.5, 0.6) is 0 Å². The van der Waals surface area contributed by atoms with E-state index in [9.17, 15) is 9.18 Å². The molecular weight excluding hydrogens is 367 g/mol. The molecule has 0 saturated heterocycles. The van der Waals surface area contributed by atoms with Gasteiger partial charge in [0.05, 0.1) is 17.8 Å². The summed E-state index contributed by atoms with van der Waals surface area (Å²) in [4.78, 5) is 17.3. The van der Waals surface area contributed by atoms with E-state index in [4.69, 9.17) is 4.42 Å². The van der Waals surface area contributed by atoms with Crippen LogP contribution in [0.4, 0.5) is 4.39 Å². The molecule has 0 spiro atoms. The van der Waals surface area contributed by atoms with Gasteiger partial charge in [-0.15, -0.1) is 0 Å². The smallest absolute Gasteiger partial charge is 0.252 e. The zero-order valence-corrected chi connectivity index (χ0v) is 15.8. The third-order valence-corrected chi connectivity index (χ3v) is 4.68. The van der Waals surface area contributed by atoms with Crippen molar-refractivity contribution in [2.75, 3.05) is 0 Å². The third-order valence-electron chi connectivity index (χ3n) is 4.68. The van der Waals surface area contributed by atoms with Crippen LogP contribution in [0.15, 0.2) is 89.5 Å². The molecule has 0 aliphatic rings. The van der Waals surface area contributed by atoms with Crippen molar-refractivity contribution in [2.45, 2.75) is 13.0 Å². The molecule has 144 valence electrons. The number of nitrogens with zero attached hydrogens (tertiary/aromatic N) is 1. The Balaban J connectivity index is 1.59. The second-order valence-electron chi connectivity index (χ2n) is 6.69. The topological polar surface area (TPSA) is 55.1 Å². The highest BCUT2D eigenvalue weighted by atomic mass is 19.1. The van der Waals surface area contributed by atoms with Crippen LogP contribution in [0.2, 0.25) is 0 Å². The van der Waals surface area contributed by atoms with Gasteiger partial charge >= 0.3 is 0 Å². The number of nitrogens with one attached hydrogen (secondary N) is 1. The zero-order chi connectivity index (χ0) is 20.2. The first-order valence-electron chi connectivity index (χ1n) is 9.29. The van der Waals surface area contributed by atoms with E-state index >= 15 is 0 Å². The van der Waals surface area contributed by atoms with Crippen molar-refractivity contribution in [3.63, 3.8) is 0 Å². The van der Waals surface area contributed by atoms with E-state index in [2.05, 4.69) is 10.3 Å². The molecule has 1 heterocycles. The molecular formula is C24H19FN2O2. The van der Waals surface area contributed by atoms with Crippen molar-refractivity contribution in [3.8, 4) is 22.8 Å². The van der Waals surface area contributed by atoms with Crippen molar-refractivity contribution >= 4 is 5.91 Å². The third kappa shape index (κ3) is 4.09. The van der Waals surface area contributed by atoms with E-state index in [1.165, 1.54) is 12.1 Å². The molecule has 0 fully saturated rings. The number of amides is 1. The van der Waals surface area contributed by atoms with Gasteiger partial charge in [0.2, 0.25) is 5.89 Å². The molecule has 5 heteroatoms. The van der Waals surface area contributed by atoms with Crippen LogP contribution in [0.25, 0.3) is 22.8 Å². The number of oxazole rings is 1. The van der Waals surface area contributed by atoms with Gasteiger partial charge in [-0.25, -0.2) is 9.37 Å². The average Bonchev–Trinajstić information content (AvgIpc) is 3.25. The van der Waals surface area contributed by atoms with Crippen molar-refractivity contribution in [1.29, 1.82) is 0 Å². The Kier molecular flexibility index (Phi) is 5.20. The van der Waals surface area contributed by atoms with Crippen molar-refractivity contribution in [2.24, 2.45) is 0 Å². The molecule has 4 aromatic rings. The van der Waals surface area contributed by atoms with Gasteiger partial charge in [0.25, 0.3) is 5.91 Å². The van der Waals surface area contributed by atoms with E-state index in [1.54, 1.807) is 36.5 Å². The van der Waals surface area contributed by atoms with E-state index < -0.39 is 0 Å². The minimum Gasteiger partial charge on any atom is -0.436 e. The summed E-state index contributed by atoms with van der Waals surface area (Å²) in [5.74, 6) is 0.451. The Morgan fingerprint density at radius 3 is 2.41 bits per heavy atom. The standard InChI is InChI=1S/C24H19FN2O2/c1-16(17-11-13-19(25)14-12-17)27-23(28)20-9-5-6-10-21(20)24-26-15-22(29-24)18-7-3-2-4-8-18/h2-16H,1H3,(H,27,28)/t16-/m0/s1. The Morgan fingerprint density at radius 1 is 0.966 bits per heavy atom. The summed E-state index contributed by atoms with van der Waals surface area (Å²) in [7, 11) is 0. The van der Waals surface area contributed by atoms with Crippen LogP contribution in [0.3, 0.4) is 0 Å². The Hall–Kier alpha value is -3.73. The molecule has 1 amide bonds. The van der Waals surface area contributed by atoms with Crippen LogP contribution in [0, 0.1) is 5.82 Å². The predicted molar refractivity (Wildman–Crippen MR) is 110 cm³/mol. The number of hydrogen-bond donors (Lipinski definition) is 1. The second kappa shape index (κ2) is 8.10. The molecule has 0 aliphatic heterocycles. The molecule has 29 heavy (non-hydrogen) atoms. The first kappa shape index (κ1) is 18.6. The second-order valence-corrected chi connectivity index (χ2v) is 6.69. The lowest BCUT2D eigenvalue weighted by atomic mass is 10.0. The van der Waals surface area contributed by atoms with Gasteiger partial charge in [-0.2, -0.15) is 0 Å². The maximum Gasteiger partial charge on any atom is 0.252 e. The van der Waals surface area contributed by atoms with Crippen LogP contribution >= 0.6 is 0 Å². The molecule has 1 atom stereocenters. The molecule has 4 rings (SSSR count). The van der Waals surface area contributed by atoms with Gasteiger partial charge in [0, 0.05) is 11.1 Å². The van der Waals surface area contributed by atoms with Crippen molar-refractivity contribution in [3.05, 3.63) is 102 Å². The summed E-state index contributed by atoms with van der Waals surface area (Å²) in [6.07, 6.45) is 1.65. The van der Waals surface area contributed by atoms with E-state index in [0.717, 1.165) is 11.1 Å². The number of benzene rings is 3. The first-order valence-corrected chi connectivity index (χ1v) is 9.29. The molecule has 1 N–H and O–H groups in total. The summed E-state index contributed by atoms with van der Waals surface area (Å²) >= 11 is 0. The monoisotopic (exact) mass is 386 g/mol. The number of aromatic nitrogens is 1. The van der Waals surface area contributed by atoms with Gasteiger partial charge in [0.1, 0.15) is 5.82 Å². The fraction of sp³-hybridized carbons (Fsp3) is 0.0833. The molecule has 0 saturated carbocycles. The van der Waals surface area contributed by atoms with Crippen molar-refractivity contribution < 1.29 is 13.6 Å². The van der Waals surface area contributed by atoms with E-state index in [1.807, 2.05) is 43.3 Å². The fourth-order valence-electron chi connectivity index (χ4n) is 3.11. The minimum absolute atomic E-state index is 0.253. The lowest BCUT2D eigenvalue weighted by Gasteiger charge is -2.15. The molecule has 4 nitrogen and oxygen atoms in total. The molecule has 0 unspecified atom stereocenters. The van der Waals surface area contributed by atoms with E-state index in [0.29, 0.717) is 22.8 Å². The summed E-state index contributed by atoms with van der Waals surface area (Å²) in [6.45, 7) is 1.85. The quantitative estimate of drug-likeness (QED) is 0.483. The minimum atomic E-state index is -0.310. The SMILES string of the molecule is C[C@H](NC(=O)c1ccccc1-c1ncc(-c2ccccc2)o1)c1ccc(F)cc1. The number of hydrogen-bond acceptors (Lipinski definition) is 3. The van der Waals surface area contributed by atoms with Gasteiger partial charge in [-0.3, -0.25) is 4.79 Å². The number of rotatable bonds is 5. The summed E-state index contributed by atoms with van der Waals surface area (Å²) in [5, 5.41) is 2.95. The van der Waals surface area contributed by atoms with Crippen molar-refractivity contribution in [1.82, 2.24) is 10.3 Å². The number of halogens is 1. The molecule has 1 aromatic heterocycles. The maximum absolute atomic E-state index is 13.1. The van der Waals surface area contributed by atoms with Gasteiger partial charge < -0.3 is 9.73 Å². The molecule has 3 aromatic carbocycles. The Morgan fingerprint density at radius 2 is 1.66 bits per heavy atom. The number of carbonyl (C=O) groups excluding carboxylic acids is 1. The highest BCUT2D eigenvalue weighted by molar-refractivity contribution is 6.00. The highest BCUT2D eigenvalue weighted by Gasteiger charge is 2.18. The Bertz CT molecular complexity index is 1120. The van der Waals surface area contributed by atoms with Gasteiger partial charge in [0.15, 0.2) is 5.76 Å². The normalized spacial score (nSPS) is 11.8. The number of carbonyl (C=O) groups is 1. The summed E-state index contributed by atoms with van der Waals surface area (Å²) in [5.41, 5.74) is 2.80. The van der Waals surface area contributed by atoms with Crippen LogP contribution in [-0.4, -0.2) is 10.9 Å².